The molecule has 0 atom stereocenters. The van der Waals surface area contributed by atoms with Gasteiger partial charge >= 0.3 is 0 Å². The Kier molecular flexibility index (Phi) is 2.72. The summed E-state index contributed by atoms with van der Waals surface area (Å²) in [6.45, 7) is 0. The maximum Gasteiger partial charge on any atom is 0.274 e. The van der Waals surface area contributed by atoms with Crippen molar-refractivity contribution in [3.63, 3.8) is 0 Å². The van der Waals surface area contributed by atoms with E-state index in [1.54, 1.807) is 22.2 Å². The largest absolute Gasteiger partial charge is 0.327 e. The van der Waals surface area contributed by atoms with Crippen LogP contribution in [0.5, 0.6) is 0 Å². The summed E-state index contributed by atoms with van der Waals surface area (Å²) >= 11 is 1.58. The molecule has 0 radical (unpaired) electrons. The molecule has 0 fully saturated rings. The van der Waals surface area contributed by atoms with E-state index in [9.17, 15) is 4.79 Å². The lowest BCUT2D eigenvalue weighted by Gasteiger charge is -1.97. The van der Waals surface area contributed by atoms with Crippen LogP contribution in [0.1, 0.15) is 0 Å². The Hall–Kier alpha value is -2.66. The summed E-state index contributed by atoms with van der Waals surface area (Å²) < 4.78 is 1.72. The van der Waals surface area contributed by atoms with Crippen LogP contribution in [0.2, 0.25) is 0 Å². The summed E-state index contributed by atoms with van der Waals surface area (Å²) in [4.78, 5) is 15.0. The summed E-state index contributed by atoms with van der Waals surface area (Å²) in [7, 11) is 0. The Bertz CT molecular complexity index is 952. The van der Waals surface area contributed by atoms with Gasteiger partial charge in [-0.3, -0.25) is 4.79 Å². The van der Waals surface area contributed by atoms with Crippen LogP contribution in [-0.2, 0) is 0 Å². The molecule has 1 N–H and O–H groups in total. The minimum Gasteiger partial charge on any atom is -0.327 e. The van der Waals surface area contributed by atoms with E-state index < -0.39 is 0 Å². The lowest BCUT2D eigenvalue weighted by molar-refractivity contribution is 0.912. The number of aromatic nitrogens is 3. The van der Waals surface area contributed by atoms with Crippen molar-refractivity contribution in [3.05, 3.63) is 69.8 Å². The maximum atomic E-state index is 12.2. The topological polar surface area (TPSA) is 50.7 Å². The molecule has 4 aromatic rings. The Balaban J connectivity index is 2.11. The molecule has 1 aromatic carbocycles. The number of hydrogen-bond donors (Lipinski definition) is 1. The van der Waals surface area contributed by atoms with Gasteiger partial charge in [-0.15, -0.1) is 0 Å². The van der Waals surface area contributed by atoms with Crippen molar-refractivity contribution in [1.82, 2.24) is 14.8 Å². The zero-order valence-corrected chi connectivity index (χ0v) is 11.8. The number of benzene rings is 1. The van der Waals surface area contributed by atoms with Crippen molar-refractivity contribution < 1.29 is 0 Å². The molecule has 0 saturated heterocycles. The highest BCUT2D eigenvalue weighted by atomic mass is 32.1. The molecule has 0 saturated carbocycles. The second kappa shape index (κ2) is 4.71. The van der Waals surface area contributed by atoms with E-state index in [-0.39, 0.29) is 5.56 Å². The minimum atomic E-state index is -0.131. The fourth-order valence-electron chi connectivity index (χ4n) is 2.45. The number of aromatic amines is 1. The van der Waals surface area contributed by atoms with E-state index in [0.717, 1.165) is 22.3 Å². The number of hydrogen-bond acceptors (Lipinski definition) is 3. The average molecular weight is 293 g/mol. The van der Waals surface area contributed by atoms with Crippen LogP contribution in [0.4, 0.5) is 0 Å². The van der Waals surface area contributed by atoms with Gasteiger partial charge in [-0.2, -0.15) is 16.4 Å². The monoisotopic (exact) mass is 293 g/mol. The second-order valence-corrected chi connectivity index (χ2v) is 5.46. The van der Waals surface area contributed by atoms with Crippen LogP contribution in [0.25, 0.3) is 27.8 Å². The third-order valence-corrected chi connectivity index (χ3v) is 4.07. The third-order valence-electron chi connectivity index (χ3n) is 3.40. The molecule has 4 rings (SSSR count). The van der Waals surface area contributed by atoms with E-state index >= 15 is 0 Å². The Morgan fingerprint density at radius 1 is 1.10 bits per heavy atom. The highest BCUT2D eigenvalue weighted by molar-refractivity contribution is 7.08. The van der Waals surface area contributed by atoms with Gasteiger partial charge < -0.3 is 4.98 Å². The number of fused-ring (bicyclic) bond motifs is 1. The summed E-state index contributed by atoms with van der Waals surface area (Å²) in [5, 5.41) is 9.48. The molecule has 0 amide bonds. The number of nitrogens with one attached hydrogen (secondary N) is 1. The molecule has 0 aliphatic heterocycles. The SMILES string of the molecule is O=c1[nH]ccc2c(-c3ccccc3)nn(-c3ccsc3)c12. The number of nitrogens with zero attached hydrogens (tertiary/aromatic N) is 2. The molecule has 0 aliphatic rings. The highest BCUT2D eigenvalue weighted by Crippen LogP contribution is 2.28. The highest BCUT2D eigenvalue weighted by Gasteiger charge is 2.15. The normalized spacial score (nSPS) is 11.0. The predicted octanol–water partition coefficient (Wildman–Crippen LogP) is 3.44. The lowest BCUT2D eigenvalue weighted by atomic mass is 10.1. The van der Waals surface area contributed by atoms with Crippen LogP contribution < -0.4 is 5.56 Å². The Morgan fingerprint density at radius 2 is 1.95 bits per heavy atom. The minimum absolute atomic E-state index is 0.131. The van der Waals surface area contributed by atoms with Gasteiger partial charge in [0, 0.05) is 22.5 Å². The van der Waals surface area contributed by atoms with Gasteiger partial charge in [0.1, 0.15) is 11.2 Å². The van der Waals surface area contributed by atoms with Crippen molar-refractivity contribution >= 4 is 22.2 Å². The number of thiophene rings is 1. The molecule has 0 spiro atoms. The lowest BCUT2D eigenvalue weighted by Crippen LogP contribution is -2.09. The van der Waals surface area contributed by atoms with Crippen molar-refractivity contribution in [1.29, 1.82) is 0 Å². The van der Waals surface area contributed by atoms with Gasteiger partial charge in [-0.05, 0) is 17.5 Å². The molecule has 5 heteroatoms. The van der Waals surface area contributed by atoms with Gasteiger partial charge in [0.15, 0.2) is 0 Å². The summed E-state index contributed by atoms with van der Waals surface area (Å²) in [5.74, 6) is 0. The quantitative estimate of drug-likeness (QED) is 0.615. The van der Waals surface area contributed by atoms with Gasteiger partial charge in [-0.25, -0.2) is 4.68 Å². The summed E-state index contributed by atoms with van der Waals surface area (Å²) in [5.41, 5.74) is 3.18. The van der Waals surface area contributed by atoms with Gasteiger partial charge in [0.25, 0.3) is 5.56 Å². The van der Waals surface area contributed by atoms with E-state index in [0.29, 0.717) is 5.52 Å². The maximum absolute atomic E-state index is 12.2. The van der Waals surface area contributed by atoms with Gasteiger partial charge in [0.2, 0.25) is 0 Å². The van der Waals surface area contributed by atoms with Crippen LogP contribution in [0.3, 0.4) is 0 Å². The summed E-state index contributed by atoms with van der Waals surface area (Å²) in [6, 6.07) is 13.8. The number of pyridine rings is 1. The number of rotatable bonds is 2. The molecule has 0 aliphatic carbocycles. The molecule has 102 valence electrons. The van der Waals surface area contributed by atoms with Crippen molar-refractivity contribution in [2.45, 2.75) is 0 Å². The number of H-pyrrole nitrogens is 1. The first kappa shape index (κ1) is 12.1. The van der Waals surface area contributed by atoms with Crippen LogP contribution >= 0.6 is 11.3 Å². The fourth-order valence-corrected chi connectivity index (χ4v) is 3.06. The van der Waals surface area contributed by atoms with Crippen LogP contribution in [0, 0.1) is 0 Å². The molecule has 3 aromatic heterocycles. The molecule has 0 unspecified atom stereocenters. The Morgan fingerprint density at radius 3 is 2.71 bits per heavy atom. The fraction of sp³-hybridized carbons (Fsp3) is 0. The van der Waals surface area contributed by atoms with E-state index in [1.807, 2.05) is 53.2 Å². The summed E-state index contributed by atoms with van der Waals surface area (Å²) in [6.07, 6.45) is 1.66. The molecular weight excluding hydrogens is 282 g/mol. The van der Waals surface area contributed by atoms with E-state index in [4.69, 9.17) is 0 Å². The molecular formula is C16H11N3OS. The average Bonchev–Trinajstić information content (AvgIpc) is 3.16. The van der Waals surface area contributed by atoms with Crippen LogP contribution in [0.15, 0.2) is 64.2 Å². The molecule has 21 heavy (non-hydrogen) atoms. The first-order valence-electron chi connectivity index (χ1n) is 6.53. The second-order valence-electron chi connectivity index (χ2n) is 4.68. The standard InChI is InChI=1S/C16H11N3OS/c20-16-15-13(6-8-17-16)14(11-4-2-1-3-5-11)18-19(15)12-7-9-21-10-12/h1-10H,(H,17,20). The van der Waals surface area contributed by atoms with E-state index in [2.05, 4.69) is 10.1 Å². The van der Waals surface area contributed by atoms with Crippen molar-refractivity contribution in [3.8, 4) is 16.9 Å². The van der Waals surface area contributed by atoms with Crippen LogP contribution in [-0.4, -0.2) is 14.8 Å². The Labute approximate surface area is 124 Å². The smallest absolute Gasteiger partial charge is 0.274 e. The zero-order chi connectivity index (χ0) is 14.2. The van der Waals surface area contributed by atoms with Gasteiger partial charge in [-0.1, -0.05) is 30.3 Å². The van der Waals surface area contributed by atoms with Gasteiger partial charge in [0.05, 0.1) is 5.69 Å². The zero-order valence-electron chi connectivity index (χ0n) is 11.0. The molecule has 3 heterocycles. The first-order chi connectivity index (χ1) is 10.3. The predicted molar refractivity (Wildman–Crippen MR) is 85.0 cm³/mol. The van der Waals surface area contributed by atoms with E-state index in [1.165, 1.54) is 0 Å². The first-order valence-corrected chi connectivity index (χ1v) is 7.47. The third kappa shape index (κ3) is 1.90. The molecule has 4 nitrogen and oxygen atoms in total. The van der Waals surface area contributed by atoms with Crippen molar-refractivity contribution in [2.24, 2.45) is 0 Å². The van der Waals surface area contributed by atoms with Crippen molar-refractivity contribution in [2.75, 3.05) is 0 Å². The molecule has 0 bridgehead atoms.